The van der Waals surface area contributed by atoms with Gasteiger partial charge in [0.15, 0.2) is 0 Å². The minimum atomic E-state index is -0.955. The van der Waals surface area contributed by atoms with Crippen molar-refractivity contribution in [2.45, 2.75) is 38.5 Å². The Kier molecular flexibility index (Phi) is 5.99. The number of methoxy groups -OCH3 is 1. The maximum atomic E-state index is 11.2. The van der Waals surface area contributed by atoms with Crippen molar-refractivity contribution >= 4 is 28.5 Å². The lowest BCUT2D eigenvalue weighted by atomic mass is 9.72. The highest BCUT2D eigenvalue weighted by Gasteiger charge is 2.31. The van der Waals surface area contributed by atoms with Gasteiger partial charge in [-0.15, -0.1) is 0 Å². The molecule has 0 amide bonds. The summed E-state index contributed by atoms with van der Waals surface area (Å²) < 4.78 is 5.33. The lowest BCUT2D eigenvalue weighted by Crippen LogP contribution is -2.41. The molecule has 2 heterocycles. The predicted octanol–water partition coefficient (Wildman–Crippen LogP) is 2.73. The number of carbonyl (C=O) groups excluding carboxylic acids is 1. The van der Waals surface area contributed by atoms with E-state index in [1.54, 1.807) is 13.3 Å². The largest absolute Gasteiger partial charge is 0.550 e. The molecule has 1 aromatic carbocycles. The van der Waals surface area contributed by atoms with Crippen molar-refractivity contribution in [3.05, 3.63) is 35.0 Å². The zero-order chi connectivity index (χ0) is 18.6. The molecule has 26 heavy (non-hydrogen) atoms. The summed E-state index contributed by atoms with van der Waals surface area (Å²) in [5.74, 6) is -0.182. The molecule has 0 spiro atoms. The summed E-state index contributed by atoms with van der Waals surface area (Å²) in [6.07, 6.45) is 6.09. The number of nitrogens with zero attached hydrogens (tertiary/aromatic N) is 1. The number of piperidine rings is 1. The van der Waals surface area contributed by atoms with E-state index in [1.165, 1.54) is 0 Å². The van der Waals surface area contributed by atoms with Crippen LogP contribution in [0.5, 0.6) is 5.75 Å². The van der Waals surface area contributed by atoms with Crippen LogP contribution in [0.3, 0.4) is 0 Å². The molecule has 0 unspecified atom stereocenters. The van der Waals surface area contributed by atoms with Gasteiger partial charge < -0.3 is 20.0 Å². The third kappa shape index (κ3) is 4.27. The predicted molar refractivity (Wildman–Crippen MR) is 100 cm³/mol. The van der Waals surface area contributed by atoms with Crippen LogP contribution < -0.4 is 15.2 Å². The minimum absolute atomic E-state index is 0.132. The molecule has 1 saturated heterocycles. The Labute approximate surface area is 158 Å². The van der Waals surface area contributed by atoms with Crippen molar-refractivity contribution in [1.82, 2.24) is 10.3 Å². The van der Waals surface area contributed by atoms with Gasteiger partial charge in [-0.1, -0.05) is 11.6 Å². The maximum Gasteiger partial charge on any atom is 0.119 e. The number of rotatable bonds is 7. The number of halogens is 1. The van der Waals surface area contributed by atoms with Gasteiger partial charge in [0.2, 0.25) is 0 Å². The van der Waals surface area contributed by atoms with Crippen molar-refractivity contribution < 1.29 is 14.6 Å². The van der Waals surface area contributed by atoms with Crippen LogP contribution >= 0.6 is 11.6 Å². The van der Waals surface area contributed by atoms with E-state index >= 15 is 0 Å². The number of hydrogen-bond donors (Lipinski definition) is 1. The molecule has 0 atom stereocenters. The van der Waals surface area contributed by atoms with Gasteiger partial charge in [0.25, 0.3) is 0 Å². The van der Waals surface area contributed by atoms with Crippen molar-refractivity contribution in [1.29, 1.82) is 0 Å². The first-order valence-corrected chi connectivity index (χ1v) is 9.42. The normalized spacial score (nSPS) is 16.5. The van der Waals surface area contributed by atoms with E-state index in [2.05, 4.69) is 10.3 Å². The lowest BCUT2D eigenvalue weighted by Gasteiger charge is -2.38. The van der Waals surface area contributed by atoms with E-state index in [9.17, 15) is 9.90 Å². The van der Waals surface area contributed by atoms with Crippen molar-refractivity contribution in [2.75, 3.05) is 20.2 Å². The molecule has 1 fully saturated rings. The first-order chi connectivity index (χ1) is 12.5. The summed E-state index contributed by atoms with van der Waals surface area (Å²) in [5, 5.41) is 16.2. The summed E-state index contributed by atoms with van der Waals surface area (Å²) in [6.45, 7) is 1.73. The molecule has 6 heteroatoms. The quantitative estimate of drug-likeness (QED) is 0.805. The monoisotopic (exact) mass is 375 g/mol. The van der Waals surface area contributed by atoms with E-state index in [4.69, 9.17) is 16.3 Å². The molecule has 1 N–H and O–H groups in total. The van der Waals surface area contributed by atoms with Gasteiger partial charge >= 0.3 is 0 Å². The van der Waals surface area contributed by atoms with Gasteiger partial charge in [-0.2, -0.15) is 0 Å². The van der Waals surface area contributed by atoms with Crippen LogP contribution in [0.15, 0.2) is 24.4 Å². The van der Waals surface area contributed by atoms with Crippen LogP contribution in [-0.2, 0) is 11.2 Å². The number of hydrogen-bond acceptors (Lipinski definition) is 5. The van der Waals surface area contributed by atoms with Crippen LogP contribution in [0.2, 0.25) is 5.02 Å². The molecule has 0 radical (unpaired) electrons. The van der Waals surface area contributed by atoms with E-state index < -0.39 is 5.97 Å². The standard InChI is InChI=1S/C20H25ClN2O3/c1-26-14-4-5-18-16(11-14)15(17(21)13-23-18)3-2-6-20(12-19(24)25)7-9-22-10-8-20/h4-5,11,13,22H,2-3,6-10,12H2,1H3,(H,24,25)/p-1. The number of aromatic nitrogens is 1. The molecule has 2 aromatic rings. The summed E-state index contributed by atoms with van der Waals surface area (Å²) in [5.41, 5.74) is 1.77. The van der Waals surface area contributed by atoms with E-state index in [1.807, 2.05) is 18.2 Å². The number of carboxylic acid groups (broad SMARTS) is 1. The molecule has 0 aliphatic carbocycles. The van der Waals surface area contributed by atoms with Crippen molar-refractivity contribution in [2.24, 2.45) is 5.41 Å². The van der Waals surface area contributed by atoms with Crippen LogP contribution in [0, 0.1) is 5.41 Å². The van der Waals surface area contributed by atoms with Crippen molar-refractivity contribution in [3.8, 4) is 5.75 Å². The Hall–Kier alpha value is -1.85. The fourth-order valence-electron chi connectivity index (χ4n) is 4.00. The minimum Gasteiger partial charge on any atom is -0.550 e. The average Bonchev–Trinajstić information content (AvgIpc) is 2.63. The molecule has 0 saturated carbocycles. The van der Waals surface area contributed by atoms with Crippen LogP contribution in [0.25, 0.3) is 10.9 Å². The first kappa shape index (κ1) is 18.9. The molecular formula is C20H24ClN2O3-. The SMILES string of the molecule is COc1ccc2ncc(Cl)c(CCCC3(CC(=O)[O-])CCNCC3)c2c1. The van der Waals surface area contributed by atoms with E-state index in [-0.39, 0.29) is 11.8 Å². The maximum absolute atomic E-state index is 11.2. The zero-order valence-corrected chi connectivity index (χ0v) is 15.8. The molecule has 0 bridgehead atoms. The Morgan fingerprint density at radius 1 is 1.38 bits per heavy atom. The molecule has 140 valence electrons. The van der Waals surface area contributed by atoms with Crippen molar-refractivity contribution in [3.63, 3.8) is 0 Å². The van der Waals surface area contributed by atoms with E-state index in [0.717, 1.165) is 67.4 Å². The molecule has 3 rings (SSSR count). The second-order valence-corrected chi connectivity index (χ2v) is 7.53. The lowest BCUT2D eigenvalue weighted by molar-refractivity contribution is -0.308. The van der Waals surface area contributed by atoms with Gasteiger partial charge in [-0.05, 0) is 80.8 Å². The number of pyridine rings is 1. The number of nitrogens with one attached hydrogen (secondary N) is 1. The van der Waals surface area contributed by atoms with Gasteiger partial charge in [0.1, 0.15) is 5.75 Å². The summed E-state index contributed by atoms with van der Waals surface area (Å²) in [7, 11) is 1.64. The van der Waals surface area contributed by atoms with Crippen LogP contribution in [0.1, 0.15) is 37.7 Å². The fourth-order valence-corrected chi connectivity index (χ4v) is 4.25. The van der Waals surface area contributed by atoms with Gasteiger partial charge in [0.05, 0.1) is 17.6 Å². The second kappa shape index (κ2) is 8.23. The number of ether oxygens (including phenoxy) is 1. The Bertz CT molecular complexity index is 788. The Morgan fingerprint density at radius 2 is 2.15 bits per heavy atom. The Morgan fingerprint density at radius 3 is 2.85 bits per heavy atom. The second-order valence-electron chi connectivity index (χ2n) is 7.12. The van der Waals surface area contributed by atoms with Crippen LogP contribution in [-0.4, -0.2) is 31.2 Å². The van der Waals surface area contributed by atoms with Gasteiger partial charge in [-0.3, -0.25) is 4.98 Å². The highest BCUT2D eigenvalue weighted by Crippen LogP contribution is 2.38. The highest BCUT2D eigenvalue weighted by molar-refractivity contribution is 6.32. The zero-order valence-electron chi connectivity index (χ0n) is 15.0. The molecule has 1 aliphatic heterocycles. The molecule has 5 nitrogen and oxygen atoms in total. The third-order valence-corrected chi connectivity index (χ3v) is 5.78. The molecule has 1 aromatic heterocycles. The first-order valence-electron chi connectivity index (χ1n) is 9.05. The topological polar surface area (TPSA) is 74.3 Å². The molecule has 1 aliphatic rings. The number of fused-ring (bicyclic) bond motifs is 1. The smallest absolute Gasteiger partial charge is 0.119 e. The average molecular weight is 376 g/mol. The Balaban J connectivity index is 1.78. The number of aliphatic carboxylic acids is 1. The number of benzene rings is 1. The number of carbonyl (C=O) groups is 1. The number of carboxylic acids is 1. The molecular weight excluding hydrogens is 352 g/mol. The van der Waals surface area contributed by atoms with Gasteiger partial charge in [0, 0.05) is 17.6 Å². The fraction of sp³-hybridized carbons (Fsp3) is 0.500. The summed E-state index contributed by atoms with van der Waals surface area (Å²) in [6, 6.07) is 5.78. The summed E-state index contributed by atoms with van der Waals surface area (Å²) in [4.78, 5) is 15.6. The number of aryl methyl sites for hydroxylation is 1. The highest BCUT2D eigenvalue weighted by atomic mass is 35.5. The van der Waals surface area contributed by atoms with Crippen LogP contribution in [0.4, 0.5) is 0 Å². The van der Waals surface area contributed by atoms with Gasteiger partial charge in [-0.25, -0.2) is 0 Å². The summed E-state index contributed by atoms with van der Waals surface area (Å²) >= 11 is 6.42. The third-order valence-electron chi connectivity index (χ3n) is 5.45. The van der Waals surface area contributed by atoms with E-state index in [0.29, 0.717) is 5.02 Å².